The average molecular weight is 591 g/mol. The van der Waals surface area contributed by atoms with E-state index in [-0.39, 0.29) is 11.5 Å². The van der Waals surface area contributed by atoms with E-state index in [4.69, 9.17) is 4.74 Å². The summed E-state index contributed by atoms with van der Waals surface area (Å²) in [4.78, 5) is 0. The molecule has 0 aliphatic heterocycles. The van der Waals surface area contributed by atoms with Gasteiger partial charge >= 0.3 is 0 Å². The monoisotopic (exact) mass is 590 g/mol. The molecule has 1 N–H and O–H groups in total. The summed E-state index contributed by atoms with van der Waals surface area (Å²) in [7, 11) is 0.357. The number of halogens is 1. The summed E-state index contributed by atoms with van der Waals surface area (Å²) in [5.41, 5.74) is 8.06. The van der Waals surface area contributed by atoms with Crippen molar-refractivity contribution in [3.8, 4) is 5.75 Å². The zero-order valence-electron chi connectivity index (χ0n) is 25.0. The first kappa shape index (κ1) is 30.7. The van der Waals surface area contributed by atoms with Gasteiger partial charge in [-0.05, 0) is 70.6 Å². The molecule has 3 atom stereocenters. The first-order valence-electron chi connectivity index (χ1n) is 15.1. The molecule has 0 spiro atoms. The minimum absolute atomic E-state index is 0.156. The van der Waals surface area contributed by atoms with Gasteiger partial charge < -0.3 is 9.84 Å². The van der Waals surface area contributed by atoms with Gasteiger partial charge in [0.15, 0.2) is 0 Å². The second kappa shape index (κ2) is 15.1. The van der Waals surface area contributed by atoms with Crippen LogP contribution in [0.4, 0.5) is 4.39 Å². The number of hydrogen-bond acceptors (Lipinski definition) is 2. The van der Waals surface area contributed by atoms with Gasteiger partial charge in [-0.15, -0.1) is 0 Å². The van der Waals surface area contributed by atoms with Crippen LogP contribution in [0.5, 0.6) is 5.75 Å². The van der Waals surface area contributed by atoms with Crippen LogP contribution in [0.3, 0.4) is 0 Å². The number of rotatable bonds is 13. The fourth-order valence-electron chi connectivity index (χ4n) is 5.62. The quantitative estimate of drug-likeness (QED) is 0.138. The van der Waals surface area contributed by atoms with Gasteiger partial charge in [-0.1, -0.05) is 131 Å². The van der Waals surface area contributed by atoms with E-state index in [9.17, 15) is 9.50 Å². The Kier molecular flexibility index (Phi) is 10.8. The van der Waals surface area contributed by atoms with E-state index in [1.807, 2.05) is 24.3 Å². The van der Waals surface area contributed by atoms with Crippen molar-refractivity contribution in [1.29, 1.82) is 0 Å². The molecule has 5 aromatic rings. The van der Waals surface area contributed by atoms with Gasteiger partial charge in [0.05, 0.1) is 6.10 Å². The minimum Gasteiger partial charge on any atom is -0.488 e. The van der Waals surface area contributed by atoms with Crippen LogP contribution in [0.2, 0.25) is 0 Å². The van der Waals surface area contributed by atoms with E-state index in [1.165, 1.54) is 39.9 Å². The van der Waals surface area contributed by atoms with Gasteiger partial charge in [-0.25, -0.2) is 4.39 Å². The highest BCUT2D eigenvalue weighted by molar-refractivity contribution is 7.47. The SMILES string of the molecule is CCCC(Pc1ccc(F)cc1C(C)O)c1cc(Cc2ccccc2)cc(Cc2ccccc2)c1OCc1ccccc1. The zero-order chi connectivity index (χ0) is 30.0. The summed E-state index contributed by atoms with van der Waals surface area (Å²) >= 11 is 0. The van der Waals surface area contributed by atoms with Crippen molar-refractivity contribution >= 4 is 13.9 Å². The van der Waals surface area contributed by atoms with Crippen molar-refractivity contribution in [3.05, 3.63) is 166 Å². The molecular weight excluding hydrogens is 550 g/mol. The van der Waals surface area contributed by atoms with Crippen LogP contribution in [-0.4, -0.2) is 5.11 Å². The summed E-state index contributed by atoms with van der Waals surface area (Å²) in [6.07, 6.45) is 2.80. The molecule has 0 aliphatic rings. The summed E-state index contributed by atoms with van der Waals surface area (Å²) in [6, 6.07) is 40.9. The molecule has 0 radical (unpaired) electrons. The van der Waals surface area contributed by atoms with E-state index >= 15 is 0 Å². The van der Waals surface area contributed by atoms with Gasteiger partial charge in [0, 0.05) is 17.6 Å². The van der Waals surface area contributed by atoms with E-state index in [0.717, 1.165) is 42.3 Å². The Morgan fingerprint density at radius 2 is 1.30 bits per heavy atom. The number of aliphatic hydroxyl groups excluding tert-OH is 1. The largest absolute Gasteiger partial charge is 0.488 e. The average Bonchev–Trinajstić information content (AvgIpc) is 3.02. The van der Waals surface area contributed by atoms with Crippen LogP contribution in [0.25, 0.3) is 0 Å². The number of ether oxygens (including phenoxy) is 1. The lowest BCUT2D eigenvalue weighted by Gasteiger charge is -2.26. The lowest BCUT2D eigenvalue weighted by Crippen LogP contribution is -2.12. The van der Waals surface area contributed by atoms with Crippen LogP contribution in [0, 0.1) is 5.82 Å². The Morgan fingerprint density at radius 1 is 0.698 bits per heavy atom. The van der Waals surface area contributed by atoms with Crippen LogP contribution >= 0.6 is 8.58 Å². The fraction of sp³-hybridized carbons (Fsp3) is 0.231. The Bertz CT molecular complexity index is 1590. The number of aliphatic hydroxyl groups is 1. The molecule has 0 heterocycles. The molecule has 3 unspecified atom stereocenters. The molecule has 0 saturated heterocycles. The molecule has 0 bridgehead atoms. The van der Waals surface area contributed by atoms with E-state index in [2.05, 4.69) is 91.9 Å². The van der Waals surface area contributed by atoms with Gasteiger partial charge in [0.25, 0.3) is 0 Å². The topological polar surface area (TPSA) is 29.5 Å². The molecule has 0 aliphatic carbocycles. The van der Waals surface area contributed by atoms with E-state index in [0.29, 0.717) is 20.8 Å². The molecule has 0 aromatic heterocycles. The highest BCUT2D eigenvalue weighted by atomic mass is 31.1. The molecule has 0 fully saturated rings. The standard InChI is InChI=1S/C39H40FO2P/c1-3-13-37(43-38-21-20-34(40)26-35(38)28(2)41)36-25-32(22-29-14-7-4-8-15-29)24-33(23-30-16-9-5-10-17-30)39(36)42-27-31-18-11-6-12-19-31/h4-12,14-21,24-26,28,37,41,43H,3,13,22-23,27H2,1-2H3. The highest BCUT2D eigenvalue weighted by Crippen LogP contribution is 2.46. The summed E-state index contributed by atoms with van der Waals surface area (Å²) in [5.74, 6) is 0.620. The van der Waals surface area contributed by atoms with Gasteiger partial charge in [0.2, 0.25) is 0 Å². The summed E-state index contributed by atoms with van der Waals surface area (Å²) in [6.45, 7) is 4.40. The van der Waals surface area contributed by atoms with Crippen molar-refractivity contribution in [1.82, 2.24) is 0 Å². The summed E-state index contributed by atoms with van der Waals surface area (Å²) < 4.78 is 21.0. The lowest BCUT2D eigenvalue weighted by molar-refractivity contribution is 0.200. The summed E-state index contributed by atoms with van der Waals surface area (Å²) in [5, 5.41) is 11.5. The number of hydrogen-bond donors (Lipinski definition) is 1. The van der Waals surface area contributed by atoms with Crippen LogP contribution < -0.4 is 10.0 Å². The van der Waals surface area contributed by atoms with Crippen LogP contribution in [-0.2, 0) is 19.4 Å². The van der Waals surface area contributed by atoms with Gasteiger partial charge in [0.1, 0.15) is 18.2 Å². The minimum atomic E-state index is -0.743. The molecule has 2 nitrogen and oxygen atoms in total. The molecule has 0 amide bonds. The zero-order valence-corrected chi connectivity index (χ0v) is 26.0. The van der Waals surface area contributed by atoms with Crippen LogP contribution in [0.15, 0.2) is 121 Å². The van der Waals surface area contributed by atoms with Gasteiger partial charge in [-0.3, -0.25) is 0 Å². The predicted octanol–water partition coefficient (Wildman–Crippen LogP) is 9.48. The normalized spacial score (nSPS) is 12.8. The first-order chi connectivity index (χ1) is 21.0. The smallest absolute Gasteiger partial charge is 0.127 e. The first-order valence-corrected chi connectivity index (χ1v) is 16.2. The fourth-order valence-corrected chi connectivity index (χ4v) is 7.43. The Morgan fingerprint density at radius 3 is 1.91 bits per heavy atom. The third-order valence-corrected chi connectivity index (χ3v) is 9.43. The second-order valence-corrected chi connectivity index (χ2v) is 12.7. The van der Waals surface area contributed by atoms with Crippen LogP contribution in [0.1, 0.15) is 77.4 Å². The number of benzene rings is 5. The molecule has 43 heavy (non-hydrogen) atoms. The van der Waals surface area contributed by atoms with Gasteiger partial charge in [-0.2, -0.15) is 0 Å². The molecule has 5 aromatic carbocycles. The molecule has 5 rings (SSSR count). The Labute approximate surface area is 257 Å². The van der Waals surface area contributed by atoms with Crippen molar-refractivity contribution in [2.24, 2.45) is 0 Å². The van der Waals surface area contributed by atoms with Crippen molar-refractivity contribution < 1.29 is 14.2 Å². The molecule has 4 heteroatoms. The highest BCUT2D eigenvalue weighted by Gasteiger charge is 2.23. The third kappa shape index (κ3) is 8.41. The van der Waals surface area contributed by atoms with E-state index < -0.39 is 6.10 Å². The Balaban J connectivity index is 1.64. The maximum Gasteiger partial charge on any atom is 0.127 e. The molecule has 220 valence electrons. The van der Waals surface area contributed by atoms with Crippen molar-refractivity contribution in [3.63, 3.8) is 0 Å². The Hall–Kier alpha value is -3.78. The maximum absolute atomic E-state index is 14.2. The molecular formula is C39H40FO2P. The third-order valence-electron chi connectivity index (χ3n) is 7.72. The predicted molar refractivity (Wildman–Crippen MR) is 178 cm³/mol. The van der Waals surface area contributed by atoms with Crippen molar-refractivity contribution in [2.45, 2.75) is 57.9 Å². The van der Waals surface area contributed by atoms with E-state index in [1.54, 1.807) is 6.92 Å². The lowest BCUT2D eigenvalue weighted by atomic mass is 9.93. The molecule has 0 saturated carbocycles. The maximum atomic E-state index is 14.2. The van der Waals surface area contributed by atoms with Crippen molar-refractivity contribution in [2.75, 3.05) is 0 Å². The second-order valence-electron chi connectivity index (χ2n) is 11.2.